The summed E-state index contributed by atoms with van der Waals surface area (Å²) >= 11 is 4.43. The van der Waals surface area contributed by atoms with E-state index in [0.29, 0.717) is 15.9 Å². The largest absolute Gasteiger partial charge is 0.482 e. The lowest BCUT2D eigenvalue weighted by Gasteiger charge is -2.06. The van der Waals surface area contributed by atoms with E-state index in [2.05, 4.69) is 21.2 Å². The predicted octanol–water partition coefficient (Wildman–Crippen LogP) is 3.55. The van der Waals surface area contributed by atoms with E-state index in [1.54, 1.807) is 18.2 Å². The van der Waals surface area contributed by atoms with Crippen LogP contribution in [-0.4, -0.2) is 18.3 Å². The Morgan fingerprint density at radius 3 is 2.77 bits per heavy atom. The van der Waals surface area contributed by atoms with E-state index in [0.717, 1.165) is 4.88 Å². The van der Waals surface area contributed by atoms with Crippen LogP contribution in [0.2, 0.25) is 0 Å². The molecule has 1 amide bonds. The van der Waals surface area contributed by atoms with Crippen molar-refractivity contribution in [2.24, 2.45) is 0 Å². The van der Waals surface area contributed by atoms with Crippen LogP contribution in [0.1, 0.15) is 21.5 Å². The van der Waals surface area contributed by atoms with Crippen LogP contribution in [0.4, 0.5) is 4.39 Å². The molecule has 0 saturated carbocycles. The molecule has 4 nitrogen and oxygen atoms in total. The number of amides is 1. The van der Waals surface area contributed by atoms with Crippen LogP contribution in [0.25, 0.3) is 0 Å². The third-order valence-corrected chi connectivity index (χ3v) is 4.32. The fourth-order valence-corrected chi connectivity index (χ4v) is 2.85. The number of carbonyl (C=O) groups excluding carboxylic acids is 2. The van der Waals surface area contributed by atoms with Crippen LogP contribution >= 0.6 is 27.3 Å². The Kier molecular flexibility index (Phi) is 5.68. The molecule has 2 rings (SSSR count). The molecule has 0 spiro atoms. The van der Waals surface area contributed by atoms with Gasteiger partial charge in [-0.3, -0.25) is 9.59 Å². The number of rotatable bonds is 6. The molecule has 0 radical (unpaired) electrons. The number of ketones is 1. The number of halogens is 2. The number of hydrogen-bond acceptors (Lipinski definition) is 4. The molecule has 7 heteroatoms. The number of benzene rings is 1. The van der Waals surface area contributed by atoms with E-state index in [9.17, 15) is 14.0 Å². The quantitative estimate of drug-likeness (QED) is 0.773. The number of carbonyl (C=O) groups is 2. The minimum absolute atomic E-state index is 0.0339. The molecule has 0 aliphatic carbocycles. The second-order valence-electron chi connectivity index (χ2n) is 4.46. The summed E-state index contributed by atoms with van der Waals surface area (Å²) in [6, 6.07) is 7.82. The number of Topliss-reactive ketones (excluding diaryl/α,β-unsaturated/α-hetero) is 1. The highest BCUT2D eigenvalue weighted by molar-refractivity contribution is 9.10. The number of nitrogens with one attached hydrogen (secondary N) is 1. The Hall–Kier alpha value is -1.73. The summed E-state index contributed by atoms with van der Waals surface area (Å²) < 4.78 is 19.4. The smallest absolute Gasteiger partial charge is 0.217 e. The van der Waals surface area contributed by atoms with Gasteiger partial charge in [-0.05, 0) is 30.3 Å². The minimum Gasteiger partial charge on any atom is -0.482 e. The zero-order valence-electron chi connectivity index (χ0n) is 11.7. The molecule has 0 saturated heterocycles. The van der Waals surface area contributed by atoms with Crippen LogP contribution in [0.5, 0.6) is 5.75 Å². The first-order chi connectivity index (χ1) is 10.5. The Morgan fingerprint density at radius 2 is 2.09 bits per heavy atom. The van der Waals surface area contributed by atoms with Gasteiger partial charge in [-0.15, -0.1) is 11.3 Å². The summed E-state index contributed by atoms with van der Waals surface area (Å²) in [4.78, 5) is 24.2. The third-order valence-electron chi connectivity index (χ3n) is 2.70. The highest BCUT2D eigenvalue weighted by Gasteiger charge is 2.12. The third kappa shape index (κ3) is 4.64. The first-order valence-corrected chi connectivity index (χ1v) is 8.01. The maximum Gasteiger partial charge on any atom is 0.217 e. The van der Waals surface area contributed by atoms with Crippen molar-refractivity contribution < 1.29 is 18.7 Å². The minimum atomic E-state index is -0.528. The SMILES string of the molecule is CC(=O)NCc1ccc(C(=O)COc2ccc(Br)cc2F)s1. The van der Waals surface area contributed by atoms with Crippen molar-refractivity contribution in [3.63, 3.8) is 0 Å². The topological polar surface area (TPSA) is 55.4 Å². The molecule has 0 aliphatic heterocycles. The van der Waals surface area contributed by atoms with Crippen LogP contribution in [0, 0.1) is 5.82 Å². The van der Waals surface area contributed by atoms with Gasteiger partial charge in [0, 0.05) is 16.3 Å². The fraction of sp³-hybridized carbons (Fsp3) is 0.200. The molecule has 22 heavy (non-hydrogen) atoms. The van der Waals surface area contributed by atoms with Gasteiger partial charge in [-0.2, -0.15) is 0 Å². The first kappa shape index (κ1) is 16.6. The monoisotopic (exact) mass is 385 g/mol. The van der Waals surface area contributed by atoms with Gasteiger partial charge in [0.2, 0.25) is 11.7 Å². The Balaban J connectivity index is 1.93. The van der Waals surface area contributed by atoms with Crippen molar-refractivity contribution in [1.82, 2.24) is 5.32 Å². The maximum absolute atomic E-state index is 13.6. The Labute approximate surface area is 139 Å². The van der Waals surface area contributed by atoms with Gasteiger partial charge >= 0.3 is 0 Å². The predicted molar refractivity (Wildman–Crippen MR) is 85.8 cm³/mol. The van der Waals surface area contributed by atoms with E-state index < -0.39 is 5.82 Å². The summed E-state index contributed by atoms with van der Waals surface area (Å²) in [5.74, 6) is -0.858. The lowest BCUT2D eigenvalue weighted by molar-refractivity contribution is -0.119. The second kappa shape index (κ2) is 7.51. The summed E-state index contributed by atoms with van der Waals surface area (Å²) in [7, 11) is 0. The maximum atomic E-state index is 13.6. The molecule has 1 heterocycles. The Bertz CT molecular complexity index is 702. The van der Waals surface area contributed by atoms with Gasteiger partial charge < -0.3 is 10.1 Å². The van der Waals surface area contributed by atoms with Crippen LogP contribution in [-0.2, 0) is 11.3 Å². The summed E-state index contributed by atoms with van der Waals surface area (Å²) in [5.41, 5.74) is 0. The standard InChI is InChI=1S/C15H13BrFNO3S/c1-9(19)18-7-11-3-5-15(22-11)13(20)8-21-14-4-2-10(16)6-12(14)17/h2-6H,7-8H2,1H3,(H,18,19). The fourth-order valence-electron chi connectivity index (χ4n) is 1.64. The highest BCUT2D eigenvalue weighted by atomic mass is 79.9. The summed E-state index contributed by atoms with van der Waals surface area (Å²) in [5, 5.41) is 2.66. The molecule has 1 aromatic carbocycles. The molecule has 1 N–H and O–H groups in total. The summed E-state index contributed by atoms with van der Waals surface area (Å²) in [6.07, 6.45) is 0. The molecule has 0 fully saturated rings. The normalized spacial score (nSPS) is 10.3. The highest BCUT2D eigenvalue weighted by Crippen LogP contribution is 2.22. The zero-order valence-corrected chi connectivity index (χ0v) is 14.1. The number of thiophene rings is 1. The van der Waals surface area contributed by atoms with Crippen molar-refractivity contribution in [3.8, 4) is 5.75 Å². The van der Waals surface area contributed by atoms with E-state index in [1.165, 1.54) is 30.4 Å². The zero-order chi connectivity index (χ0) is 16.1. The molecule has 0 bridgehead atoms. The van der Waals surface area contributed by atoms with Gasteiger partial charge in [0.15, 0.2) is 18.2 Å². The van der Waals surface area contributed by atoms with Gasteiger partial charge in [-0.1, -0.05) is 15.9 Å². The number of hydrogen-bond donors (Lipinski definition) is 1. The lowest BCUT2D eigenvalue weighted by atomic mass is 10.3. The van der Waals surface area contributed by atoms with Crippen molar-refractivity contribution in [1.29, 1.82) is 0 Å². The molecule has 116 valence electrons. The molecule has 0 unspecified atom stereocenters. The second-order valence-corrected chi connectivity index (χ2v) is 6.55. The number of ether oxygens (including phenoxy) is 1. The van der Waals surface area contributed by atoms with Crippen LogP contribution < -0.4 is 10.1 Å². The van der Waals surface area contributed by atoms with Gasteiger partial charge in [0.1, 0.15) is 0 Å². The molecule has 2 aromatic rings. The molecular weight excluding hydrogens is 373 g/mol. The van der Waals surface area contributed by atoms with Crippen molar-refractivity contribution >= 4 is 39.0 Å². The van der Waals surface area contributed by atoms with Crippen LogP contribution in [0.15, 0.2) is 34.8 Å². The average molecular weight is 386 g/mol. The van der Waals surface area contributed by atoms with Crippen molar-refractivity contribution in [3.05, 3.63) is 50.4 Å². The van der Waals surface area contributed by atoms with E-state index >= 15 is 0 Å². The Morgan fingerprint density at radius 1 is 1.32 bits per heavy atom. The van der Waals surface area contributed by atoms with E-state index in [-0.39, 0.29) is 24.0 Å². The van der Waals surface area contributed by atoms with E-state index in [4.69, 9.17) is 4.74 Å². The first-order valence-electron chi connectivity index (χ1n) is 6.40. The molecule has 0 atom stereocenters. The lowest BCUT2D eigenvalue weighted by Crippen LogP contribution is -2.18. The van der Waals surface area contributed by atoms with Gasteiger partial charge in [0.05, 0.1) is 11.4 Å². The molecule has 0 aliphatic rings. The van der Waals surface area contributed by atoms with Crippen LogP contribution in [0.3, 0.4) is 0 Å². The van der Waals surface area contributed by atoms with Crippen molar-refractivity contribution in [2.45, 2.75) is 13.5 Å². The van der Waals surface area contributed by atoms with Gasteiger partial charge in [0.25, 0.3) is 0 Å². The summed E-state index contributed by atoms with van der Waals surface area (Å²) in [6.45, 7) is 1.58. The van der Waals surface area contributed by atoms with E-state index in [1.807, 2.05) is 0 Å². The average Bonchev–Trinajstić information content (AvgIpc) is 2.93. The molecular formula is C15H13BrFNO3S. The molecule has 1 aromatic heterocycles. The van der Waals surface area contributed by atoms with Gasteiger partial charge in [-0.25, -0.2) is 4.39 Å². The van der Waals surface area contributed by atoms with Crippen molar-refractivity contribution in [2.75, 3.05) is 6.61 Å².